The molecule has 1 N–H and O–H groups in total. The Morgan fingerprint density at radius 1 is 0.762 bits per heavy atom. The van der Waals surface area contributed by atoms with Gasteiger partial charge in [0.25, 0.3) is 0 Å². The molecule has 0 radical (unpaired) electrons. The first-order valence-corrected chi connectivity index (χ1v) is 6.88. The Morgan fingerprint density at radius 3 is 1.57 bits per heavy atom. The number of hydrogen-bond acceptors (Lipinski definition) is 2. The molecule has 0 saturated carbocycles. The van der Waals surface area contributed by atoms with Crippen LogP contribution in [0, 0.1) is 0 Å². The van der Waals surface area contributed by atoms with Crippen molar-refractivity contribution in [1.82, 2.24) is 0 Å². The van der Waals surface area contributed by atoms with Gasteiger partial charge in [-0.1, -0.05) is 48.6 Å². The number of phenols is 1. The number of rotatable bonds is 3. The lowest BCUT2D eigenvalue weighted by atomic mass is 10.2. The van der Waals surface area contributed by atoms with E-state index in [4.69, 9.17) is 9.84 Å². The van der Waals surface area contributed by atoms with Gasteiger partial charge in [0.1, 0.15) is 11.5 Å². The summed E-state index contributed by atoms with van der Waals surface area (Å²) in [6, 6.07) is 15.1. The van der Waals surface area contributed by atoms with Gasteiger partial charge in [-0.3, -0.25) is 0 Å². The minimum atomic E-state index is 0.313. The molecule has 0 amide bonds. The van der Waals surface area contributed by atoms with E-state index in [1.54, 1.807) is 19.2 Å². The van der Waals surface area contributed by atoms with E-state index in [1.165, 1.54) is 5.56 Å². The van der Waals surface area contributed by atoms with Crippen LogP contribution in [-0.2, 0) is 0 Å². The molecule has 2 heteroatoms. The molecule has 110 valence electrons. The first kappa shape index (κ1) is 16.6. The van der Waals surface area contributed by atoms with Gasteiger partial charge in [-0.25, -0.2) is 0 Å². The maximum Gasteiger partial charge on any atom is 0.118 e. The fourth-order valence-corrected chi connectivity index (χ4v) is 1.69. The Morgan fingerprint density at radius 2 is 1.19 bits per heavy atom. The van der Waals surface area contributed by atoms with E-state index in [0.29, 0.717) is 5.75 Å². The highest BCUT2D eigenvalue weighted by atomic mass is 16.5. The van der Waals surface area contributed by atoms with Crippen LogP contribution in [-0.4, -0.2) is 12.2 Å². The first-order chi connectivity index (χ1) is 10.2. The van der Waals surface area contributed by atoms with Crippen LogP contribution in [0.4, 0.5) is 0 Å². The lowest BCUT2D eigenvalue weighted by Gasteiger charge is -1.98. The normalized spacial score (nSPS) is 10.4. The van der Waals surface area contributed by atoms with E-state index in [9.17, 15) is 0 Å². The highest BCUT2D eigenvalue weighted by Gasteiger charge is 1.88. The van der Waals surface area contributed by atoms with Gasteiger partial charge >= 0.3 is 0 Å². The second kappa shape index (κ2) is 9.43. The van der Waals surface area contributed by atoms with Gasteiger partial charge in [0.15, 0.2) is 0 Å². The summed E-state index contributed by atoms with van der Waals surface area (Å²) in [4.78, 5) is 0. The van der Waals surface area contributed by atoms with Gasteiger partial charge in [0.2, 0.25) is 0 Å². The van der Waals surface area contributed by atoms with Gasteiger partial charge in [-0.2, -0.15) is 0 Å². The monoisotopic (exact) mass is 282 g/mol. The lowest BCUT2D eigenvalue weighted by Crippen LogP contribution is -1.80. The average Bonchev–Trinajstić information content (AvgIpc) is 2.52. The van der Waals surface area contributed by atoms with E-state index in [2.05, 4.69) is 6.08 Å². The third-order valence-electron chi connectivity index (χ3n) is 2.73. The van der Waals surface area contributed by atoms with Crippen molar-refractivity contribution in [3.63, 3.8) is 0 Å². The standard InChI is InChI=1S/C10H12O.C9H10O/c1-3-4-9-5-7-10(11-2)8-6-9;1-2-3-8-4-6-9(10)7-5-8/h3-8H,1-2H3;2-7,10H,1H3/b4-3+;3-2+. The highest BCUT2D eigenvalue weighted by molar-refractivity contribution is 5.50. The Bertz CT molecular complexity index is 564. The largest absolute Gasteiger partial charge is 0.508 e. The topological polar surface area (TPSA) is 29.5 Å². The van der Waals surface area contributed by atoms with Crippen molar-refractivity contribution in [2.45, 2.75) is 13.8 Å². The molecule has 0 aromatic heterocycles. The number of benzene rings is 2. The van der Waals surface area contributed by atoms with Gasteiger partial charge in [-0.15, -0.1) is 0 Å². The molecule has 21 heavy (non-hydrogen) atoms. The van der Waals surface area contributed by atoms with E-state index in [1.807, 2.05) is 68.5 Å². The molecule has 0 aliphatic heterocycles. The summed E-state index contributed by atoms with van der Waals surface area (Å²) in [5, 5.41) is 8.90. The van der Waals surface area contributed by atoms with Crippen LogP contribution >= 0.6 is 0 Å². The SMILES string of the molecule is C/C=C/c1ccc(O)cc1.C/C=C/c1ccc(OC)cc1. The number of hydrogen-bond donors (Lipinski definition) is 1. The van der Waals surface area contributed by atoms with Gasteiger partial charge in [0, 0.05) is 0 Å². The maximum atomic E-state index is 8.90. The minimum absolute atomic E-state index is 0.313. The van der Waals surface area contributed by atoms with Crippen molar-refractivity contribution in [3.05, 3.63) is 71.8 Å². The van der Waals surface area contributed by atoms with Crippen LogP contribution < -0.4 is 4.74 Å². The third-order valence-corrected chi connectivity index (χ3v) is 2.73. The summed E-state index contributed by atoms with van der Waals surface area (Å²) < 4.78 is 5.02. The molecule has 0 aliphatic carbocycles. The molecular weight excluding hydrogens is 260 g/mol. The van der Waals surface area contributed by atoms with Crippen LogP contribution in [0.3, 0.4) is 0 Å². The van der Waals surface area contributed by atoms with Crippen LogP contribution in [0.2, 0.25) is 0 Å². The Balaban J connectivity index is 0.000000211. The van der Waals surface area contributed by atoms with E-state index >= 15 is 0 Å². The summed E-state index contributed by atoms with van der Waals surface area (Å²) in [6.07, 6.45) is 8.02. The van der Waals surface area contributed by atoms with E-state index in [0.717, 1.165) is 11.3 Å². The average molecular weight is 282 g/mol. The summed E-state index contributed by atoms with van der Waals surface area (Å²) in [7, 11) is 1.67. The van der Waals surface area contributed by atoms with Crippen molar-refractivity contribution < 1.29 is 9.84 Å². The summed E-state index contributed by atoms with van der Waals surface area (Å²) in [6.45, 7) is 3.97. The molecule has 2 rings (SSSR count). The Labute approximate surface area is 127 Å². The molecule has 2 aromatic carbocycles. The lowest BCUT2D eigenvalue weighted by molar-refractivity contribution is 0.415. The van der Waals surface area contributed by atoms with Crippen LogP contribution in [0.15, 0.2) is 60.7 Å². The molecule has 0 fully saturated rings. The molecule has 0 unspecified atom stereocenters. The second-order valence-corrected chi connectivity index (χ2v) is 4.36. The zero-order valence-corrected chi connectivity index (χ0v) is 12.8. The highest BCUT2D eigenvalue weighted by Crippen LogP contribution is 2.12. The Kier molecular flexibility index (Phi) is 7.44. The zero-order chi connectivity index (χ0) is 15.5. The van der Waals surface area contributed by atoms with Crippen molar-refractivity contribution in [1.29, 1.82) is 0 Å². The summed E-state index contributed by atoms with van der Waals surface area (Å²) >= 11 is 0. The summed E-state index contributed by atoms with van der Waals surface area (Å²) in [5.74, 6) is 1.21. The molecule has 0 heterocycles. The smallest absolute Gasteiger partial charge is 0.118 e. The predicted octanol–water partition coefficient (Wildman–Crippen LogP) is 5.15. The molecular formula is C19H22O2. The fraction of sp³-hybridized carbons (Fsp3) is 0.158. The van der Waals surface area contributed by atoms with Gasteiger partial charge in [0.05, 0.1) is 7.11 Å². The van der Waals surface area contributed by atoms with E-state index < -0.39 is 0 Å². The third kappa shape index (κ3) is 6.48. The molecule has 0 aliphatic rings. The molecule has 0 atom stereocenters. The quantitative estimate of drug-likeness (QED) is 0.843. The van der Waals surface area contributed by atoms with Crippen molar-refractivity contribution in [3.8, 4) is 11.5 Å². The van der Waals surface area contributed by atoms with Crippen molar-refractivity contribution in [2.24, 2.45) is 0 Å². The number of aromatic hydroxyl groups is 1. The minimum Gasteiger partial charge on any atom is -0.508 e. The maximum absolute atomic E-state index is 8.90. The molecule has 0 bridgehead atoms. The summed E-state index contributed by atoms with van der Waals surface area (Å²) in [5.41, 5.74) is 2.31. The van der Waals surface area contributed by atoms with Crippen LogP contribution in [0.5, 0.6) is 11.5 Å². The van der Waals surface area contributed by atoms with Crippen molar-refractivity contribution >= 4 is 12.2 Å². The predicted molar refractivity (Wildman–Crippen MR) is 90.5 cm³/mol. The molecule has 2 nitrogen and oxygen atoms in total. The second-order valence-electron chi connectivity index (χ2n) is 4.36. The zero-order valence-electron chi connectivity index (χ0n) is 12.8. The van der Waals surface area contributed by atoms with E-state index in [-0.39, 0.29) is 0 Å². The van der Waals surface area contributed by atoms with Gasteiger partial charge in [-0.05, 0) is 49.2 Å². The van der Waals surface area contributed by atoms with Crippen LogP contribution in [0.1, 0.15) is 25.0 Å². The number of allylic oxidation sites excluding steroid dienone is 2. The van der Waals surface area contributed by atoms with Crippen LogP contribution in [0.25, 0.3) is 12.2 Å². The molecule has 0 spiro atoms. The Hall–Kier alpha value is -2.48. The number of ether oxygens (including phenoxy) is 1. The number of phenolic OH excluding ortho intramolecular Hbond substituents is 1. The first-order valence-electron chi connectivity index (χ1n) is 6.88. The number of methoxy groups -OCH3 is 1. The fourth-order valence-electron chi connectivity index (χ4n) is 1.69. The molecule has 0 saturated heterocycles. The van der Waals surface area contributed by atoms with Gasteiger partial charge < -0.3 is 9.84 Å². The molecule has 2 aromatic rings. The van der Waals surface area contributed by atoms with Crippen molar-refractivity contribution in [2.75, 3.05) is 7.11 Å².